The van der Waals surface area contributed by atoms with Gasteiger partial charge in [-0.2, -0.15) is 0 Å². The highest BCUT2D eigenvalue weighted by Crippen LogP contribution is 2.46. The maximum Gasteiger partial charge on any atom is 0.341 e. The van der Waals surface area contributed by atoms with Gasteiger partial charge >= 0.3 is 17.8 Å². The lowest BCUT2D eigenvalue weighted by atomic mass is 10.1. The summed E-state index contributed by atoms with van der Waals surface area (Å²) in [4.78, 5) is 35.7. The molecule has 0 spiro atoms. The molecular weight excluding hydrogens is 320 g/mol. The van der Waals surface area contributed by atoms with Crippen LogP contribution >= 0.6 is 11.3 Å². The number of esters is 1. The molecule has 3 N–H and O–H groups in total. The first kappa shape index (κ1) is 17.4. The number of hydrogen-bond donors (Lipinski definition) is 3. The third kappa shape index (κ3) is 4.52. The molecule has 1 aliphatic carbocycles. The van der Waals surface area contributed by atoms with Crippen molar-refractivity contribution in [1.82, 2.24) is 5.32 Å². The monoisotopic (exact) mass is 340 g/mol. The van der Waals surface area contributed by atoms with Crippen LogP contribution in [0.1, 0.15) is 48.5 Å². The number of anilines is 1. The molecule has 0 radical (unpaired) electrons. The second-order valence-electron chi connectivity index (χ2n) is 5.40. The minimum atomic E-state index is -0.875. The van der Waals surface area contributed by atoms with Gasteiger partial charge in [-0.1, -0.05) is 0 Å². The summed E-state index contributed by atoms with van der Waals surface area (Å²) in [6.45, 7) is 3.43. The van der Waals surface area contributed by atoms with E-state index in [4.69, 9.17) is 9.84 Å². The van der Waals surface area contributed by atoms with Gasteiger partial charge in [0.2, 0.25) is 0 Å². The fourth-order valence-corrected chi connectivity index (χ4v) is 3.08. The van der Waals surface area contributed by atoms with Gasteiger partial charge in [0, 0.05) is 6.54 Å². The van der Waals surface area contributed by atoms with Crippen LogP contribution in [0, 0.1) is 0 Å². The van der Waals surface area contributed by atoms with E-state index >= 15 is 0 Å². The number of ether oxygens (including phenoxy) is 1. The number of nitrogens with one attached hydrogen (secondary N) is 2. The molecule has 1 fully saturated rings. The van der Waals surface area contributed by atoms with Crippen LogP contribution in [0.2, 0.25) is 0 Å². The Hall–Kier alpha value is -1.93. The summed E-state index contributed by atoms with van der Waals surface area (Å²) >= 11 is 1.21. The number of carbonyl (C=O) groups excluding carboxylic acids is 3. The molecule has 0 aliphatic heterocycles. The van der Waals surface area contributed by atoms with Crippen LogP contribution in [0.4, 0.5) is 5.00 Å². The third-order valence-corrected chi connectivity index (χ3v) is 4.22. The van der Waals surface area contributed by atoms with E-state index in [0.29, 0.717) is 16.5 Å². The highest BCUT2D eigenvalue weighted by molar-refractivity contribution is 7.15. The van der Waals surface area contributed by atoms with Gasteiger partial charge in [0.25, 0.3) is 0 Å². The van der Waals surface area contributed by atoms with E-state index < -0.39 is 23.9 Å². The number of amides is 2. The molecule has 8 heteroatoms. The zero-order valence-corrected chi connectivity index (χ0v) is 13.9. The molecule has 1 saturated carbocycles. The molecule has 23 heavy (non-hydrogen) atoms. The molecule has 1 aromatic rings. The maximum absolute atomic E-state index is 12.1. The Balaban J connectivity index is 2.11. The van der Waals surface area contributed by atoms with E-state index in [-0.39, 0.29) is 13.2 Å². The number of carbonyl (C=O) groups is 3. The summed E-state index contributed by atoms with van der Waals surface area (Å²) in [7, 11) is 0. The molecule has 126 valence electrons. The molecule has 1 atom stereocenters. The third-order valence-electron chi connectivity index (χ3n) is 3.31. The van der Waals surface area contributed by atoms with Crippen LogP contribution in [-0.2, 0) is 14.3 Å². The van der Waals surface area contributed by atoms with Crippen LogP contribution in [-0.4, -0.2) is 42.1 Å². The summed E-state index contributed by atoms with van der Waals surface area (Å²) in [5.74, 6) is -1.90. The van der Waals surface area contributed by atoms with Crippen LogP contribution in [0.25, 0.3) is 0 Å². The van der Waals surface area contributed by atoms with Gasteiger partial charge < -0.3 is 20.5 Å². The molecule has 1 aliphatic rings. The van der Waals surface area contributed by atoms with Gasteiger partial charge in [0.05, 0.1) is 18.3 Å². The van der Waals surface area contributed by atoms with Crippen molar-refractivity contribution in [1.29, 1.82) is 0 Å². The van der Waals surface area contributed by atoms with Gasteiger partial charge in [-0.25, -0.2) is 4.79 Å². The molecule has 1 aromatic heterocycles. The first-order valence-corrected chi connectivity index (χ1v) is 8.37. The fourth-order valence-electron chi connectivity index (χ4n) is 2.05. The first-order chi connectivity index (χ1) is 10.9. The van der Waals surface area contributed by atoms with Crippen LogP contribution < -0.4 is 10.6 Å². The van der Waals surface area contributed by atoms with Crippen molar-refractivity contribution in [3.8, 4) is 0 Å². The summed E-state index contributed by atoms with van der Waals surface area (Å²) in [6.07, 6.45) is 1.27. The van der Waals surface area contributed by atoms with Crippen molar-refractivity contribution in [3.63, 3.8) is 0 Å². The van der Waals surface area contributed by atoms with Crippen molar-refractivity contribution in [2.24, 2.45) is 0 Å². The Morgan fingerprint density at radius 3 is 2.65 bits per heavy atom. The van der Waals surface area contributed by atoms with Crippen LogP contribution in [0.5, 0.6) is 0 Å². The lowest BCUT2D eigenvalue weighted by molar-refractivity contribution is -0.136. The largest absolute Gasteiger partial charge is 0.462 e. The zero-order chi connectivity index (χ0) is 17.0. The van der Waals surface area contributed by atoms with Gasteiger partial charge in [0.1, 0.15) is 5.00 Å². The summed E-state index contributed by atoms with van der Waals surface area (Å²) in [5.41, 5.74) is 1.21. The Labute approximate surface area is 138 Å². The van der Waals surface area contributed by atoms with Crippen LogP contribution in [0.3, 0.4) is 0 Å². The van der Waals surface area contributed by atoms with Crippen molar-refractivity contribution in [3.05, 3.63) is 16.5 Å². The number of thiophene rings is 1. The average Bonchev–Trinajstić information content (AvgIpc) is 3.26. The van der Waals surface area contributed by atoms with Crippen molar-refractivity contribution in [2.75, 3.05) is 18.5 Å². The summed E-state index contributed by atoms with van der Waals surface area (Å²) < 4.78 is 5.05. The molecule has 2 rings (SSSR count). The average molecular weight is 340 g/mol. The molecule has 1 heterocycles. The van der Waals surface area contributed by atoms with E-state index in [1.165, 1.54) is 18.3 Å². The van der Waals surface area contributed by atoms with Crippen molar-refractivity contribution in [2.45, 2.75) is 38.7 Å². The number of hydrogen-bond acceptors (Lipinski definition) is 6. The first-order valence-electron chi connectivity index (χ1n) is 7.49. The second kappa shape index (κ2) is 7.56. The fraction of sp³-hybridized carbons (Fsp3) is 0.533. The second-order valence-corrected chi connectivity index (χ2v) is 6.28. The SMILES string of the molecule is CCOC(=O)c1c(C2CC2)csc1NC(=O)C(=O)NC[C@H](C)O. The smallest absolute Gasteiger partial charge is 0.341 e. The molecular formula is C15H20N2O5S. The standard InChI is InChI=1S/C15H20N2O5S/c1-3-22-15(21)11-10(9-4-5-9)7-23-14(11)17-13(20)12(19)16-6-8(2)18/h7-9,18H,3-6H2,1-2H3,(H,16,19)(H,17,20)/t8-/m0/s1. The Morgan fingerprint density at radius 1 is 1.39 bits per heavy atom. The minimum Gasteiger partial charge on any atom is -0.462 e. The molecule has 0 saturated heterocycles. The van der Waals surface area contributed by atoms with Crippen LogP contribution in [0.15, 0.2) is 5.38 Å². The quantitative estimate of drug-likeness (QED) is 0.534. The normalized spacial score (nSPS) is 14.9. The van der Waals surface area contributed by atoms with E-state index in [0.717, 1.165) is 18.4 Å². The van der Waals surface area contributed by atoms with E-state index in [1.807, 2.05) is 5.38 Å². The zero-order valence-electron chi connectivity index (χ0n) is 13.0. The Bertz CT molecular complexity index is 607. The van der Waals surface area contributed by atoms with E-state index in [2.05, 4.69) is 10.6 Å². The maximum atomic E-state index is 12.1. The van der Waals surface area contributed by atoms with Gasteiger partial charge in [-0.05, 0) is 43.6 Å². The van der Waals surface area contributed by atoms with Gasteiger partial charge in [-0.3, -0.25) is 9.59 Å². The molecule has 7 nitrogen and oxygen atoms in total. The van der Waals surface area contributed by atoms with Crippen molar-refractivity contribution >= 4 is 34.1 Å². The molecule has 0 aromatic carbocycles. The predicted octanol–water partition coefficient (Wildman–Crippen LogP) is 1.24. The molecule has 0 unspecified atom stereocenters. The number of rotatable bonds is 6. The molecule has 2 amide bonds. The lowest BCUT2D eigenvalue weighted by Crippen LogP contribution is -2.38. The Kier molecular flexibility index (Phi) is 5.73. The highest BCUT2D eigenvalue weighted by Gasteiger charge is 2.32. The summed E-state index contributed by atoms with van der Waals surface area (Å²) in [6, 6.07) is 0. The van der Waals surface area contributed by atoms with E-state index in [9.17, 15) is 14.4 Å². The number of aliphatic hydroxyl groups excluding tert-OH is 1. The Morgan fingerprint density at radius 2 is 2.09 bits per heavy atom. The highest BCUT2D eigenvalue weighted by atomic mass is 32.1. The van der Waals surface area contributed by atoms with Gasteiger partial charge in [-0.15, -0.1) is 11.3 Å². The topological polar surface area (TPSA) is 105 Å². The minimum absolute atomic E-state index is 0.0191. The lowest BCUT2D eigenvalue weighted by Gasteiger charge is -2.09. The number of aliphatic hydroxyl groups is 1. The van der Waals surface area contributed by atoms with Gasteiger partial charge in [0.15, 0.2) is 0 Å². The van der Waals surface area contributed by atoms with E-state index in [1.54, 1.807) is 6.92 Å². The predicted molar refractivity (Wildman–Crippen MR) is 85.6 cm³/mol. The summed E-state index contributed by atoms with van der Waals surface area (Å²) in [5, 5.41) is 16.0. The molecule has 0 bridgehead atoms. The van der Waals surface area contributed by atoms with Crippen molar-refractivity contribution < 1.29 is 24.2 Å².